The summed E-state index contributed by atoms with van der Waals surface area (Å²) in [6.07, 6.45) is 0. The van der Waals surface area contributed by atoms with Crippen molar-refractivity contribution in [1.82, 2.24) is 10.2 Å². The van der Waals surface area contributed by atoms with Crippen molar-refractivity contribution in [2.75, 3.05) is 14.1 Å². The van der Waals surface area contributed by atoms with E-state index in [0.717, 1.165) is 2.88 Å². The Morgan fingerprint density at radius 2 is 2.12 bits per heavy atom. The molecule has 16 heavy (non-hydrogen) atoms. The number of amides is 2. The molecule has 88 valence electrons. The van der Waals surface area contributed by atoms with Crippen LogP contribution < -0.4 is 5.32 Å². The van der Waals surface area contributed by atoms with E-state index in [1.165, 1.54) is 16.2 Å². The summed E-state index contributed by atoms with van der Waals surface area (Å²) in [6, 6.07) is 1.30. The Labute approximate surface area is 112 Å². The molecule has 0 bridgehead atoms. The minimum absolute atomic E-state index is 0.113. The van der Waals surface area contributed by atoms with Gasteiger partial charge in [-0.1, -0.05) is 0 Å². The van der Waals surface area contributed by atoms with E-state index in [9.17, 15) is 9.59 Å². The largest absolute Gasteiger partial charge is 0.347 e. The third-order valence-corrected chi connectivity index (χ3v) is 3.78. The number of likely N-dealkylation sites (N-methyl/N-ethyl adjacent to an activating group) is 1. The lowest BCUT2D eigenvalue weighted by Crippen LogP contribution is -2.44. The van der Waals surface area contributed by atoms with Crippen molar-refractivity contribution in [3.8, 4) is 0 Å². The lowest BCUT2D eigenvalue weighted by molar-refractivity contribution is -0.130. The first kappa shape index (κ1) is 13.4. The average molecular weight is 352 g/mol. The van der Waals surface area contributed by atoms with Gasteiger partial charge in [0.05, 0.1) is 8.45 Å². The van der Waals surface area contributed by atoms with Gasteiger partial charge in [0.1, 0.15) is 6.04 Å². The van der Waals surface area contributed by atoms with E-state index < -0.39 is 6.04 Å². The summed E-state index contributed by atoms with van der Waals surface area (Å²) in [6.45, 7) is 1.68. The van der Waals surface area contributed by atoms with Crippen molar-refractivity contribution in [1.29, 1.82) is 0 Å². The molecule has 0 aliphatic carbocycles. The van der Waals surface area contributed by atoms with Crippen LogP contribution in [0.25, 0.3) is 0 Å². The van der Waals surface area contributed by atoms with Crippen LogP contribution in [0.2, 0.25) is 0 Å². The maximum atomic E-state index is 11.7. The molecule has 1 aromatic rings. The fourth-order valence-electron chi connectivity index (χ4n) is 1.16. The van der Waals surface area contributed by atoms with Gasteiger partial charge in [0.15, 0.2) is 0 Å². The van der Waals surface area contributed by atoms with Gasteiger partial charge in [-0.3, -0.25) is 9.59 Å². The standard InChI is InChI=1S/C10H13IN2O2S/c1-6(10(15)13(2)3)12-9(14)7-4-8(11)16-5-7/h4-6H,1-3H3,(H,12,14). The number of hydrogen-bond acceptors (Lipinski definition) is 3. The Hall–Kier alpha value is -0.630. The first-order valence-corrected chi connectivity index (χ1v) is 6.63. The quantitative estimate of drug-likeness (QED) is 0.840. The van der Waals surface area contributed by atoms with Gasteiger partial charge in [0.2, 0.25) is 5.91 Å². The van der Waals surface area contributed by atoms with Gasteiger partial charge in [-0.15, -0.1) is 11.3 Å². The summed E-state index contributed by atoms with van der Waals surface area (Å²) in [5.41, 5.74) is 0.604. The van der Waals surface area contributed by atoms with Crippen molar-refractivity contribution in [2.45, 2.75) is 13.0 Å². The second kappa shape index (κ2) is 5.62. The van der Waals surface area contributed by atoms with E-state index in [0.29, 0.717) is 5.56 Å². The number of carbonyl (C=O) groups excluding carboxylic acids is 2. The van der Waals surface area contributed by atoms with Crippen molar-refractivity contribution in [3.63, 3.8) is 0 Å². The minimum atomic E-state index is -0.500. The summed E-state index contributed by atoms with van der Waals surface area (Å²) >= 11 is 3.66. The lowest BCUT2D eigenvalue weighted by Gasteiger charge is -2.17. The molecular weight excluding hydrogens is 339 g/mol. The molecule has 1 rings (SSSR count). The molecule has 0 saturated carbocycles. The molecule has 1 atom stereocenters. The predicted octanol–water partition coefficient (Wildman–Crippen LogP) is 1.56. The molecule has 4 nitrogen and oxygen atoms in total. The van der Waals surface area contributed by atoms with Crippen LogP contribution in [-0.2, 0) is 4.79 Å². The van der Waals surface area contributed by atoms with Gasteiger partial charge in [0.25, 0.3) is 5.91 Å². The normalized spacial score (nSPS) is 12.0. The van der Waals surface area contributed by atoms with Crippen LogP contribution in [0.1, 0.15) is 17.3 Å². The first-order valence-electron chi connectivity index (χ1n) is 4.68. The van der Waals surface area contributed by atoms with Crippen LogP contribution in [0.4, 0.5) is 0 Å². The highest BCUT2D eigenvalue weighted by Crippen LogP contribution is 2.16. The second-order valence-corrected chi connectivity index (χ2v) is 6.37. The SMILES string of the molecule is CC(NC(=O)c1csc(I)c1)C(=O)N(C)C. The molecule has 0 aliphatic heterocycles. The maximum absolute atomic E-state index is 11.7. The van der Waals surface area contributed by atoms with Crippen LogP contribution in [0.15, 0.2) is 11.4 Å². The van der Waals surface area contributed by atoms with Crippen LogP contribution in [0, 0.1) is 2.88 Å². The maximum Gasteiger partial charge on any atom is 0.252 e. The number of nitrogens with zero attached hydrogens (tertiary/aromatic N) is 1. The zero-order chi connectivity index (χ0) is 12.3. The fourth-order valence-corrected chi connectivity index (χ4v) is 2.48. The Morgan fingerprint density at radius 1 is 1.50 bits per heavy atom. The zero-order valence-corrected chi connectivity index (χ0v) is 12.3. The van der Waals surface area contributed by atoms with Crippen LogP contribution in [0.3, 0.4) is 0 Å². The summed E-state index contributed by atoms with van der Waals surface area (Å²) in [5, 5.41) is 4.45. The Morgan fingerprint density at radius 3 is 2.56 bits per heavy atom. The zero-order valence-electron chi connectivity index (χ0n) is 9.28. The Bertz CT molecular complexity index is 403. The fraction of sp³-hybridized carbons (Fsp3) is 0.400. The highest BCUT2D eigenvalue weighted by atomic mass is 127. The van der Waals surface area contributed by atoms with E-state index in [-0.39, 0.29) is 11.8 Å². The molecule has 0 saturated heterocycles. The molecule has 0 aliphatic rings. The smallest absolute Gasteiger partial charge is 0.252 e. The van der Waals surface area contributed by atoms with E-state index in [1.54, 1.807) is 32.5 Å². The molecule has 0 fully saturated rings. The van der Waals surface area contributed by atoms with Gasteiger partial charge in [-0.05, 0) is 35.6 Å². The third kappa shape index (κ3) is 3.44. The highest BCUT2D eigenvalue weighted by molar-refractivity contribution is 14.1. The van der Waals surface area contributed by atoms with Crippen LogP contribution >= 0.6 is 33.9 Å². The van der Waals surface area contributed by atoms with Crippen molar-refractivity contribution < 1.29 is 9.59 Å². The Balaban J connectivity index is 2.61. The van der Waals surface area contributed by atoms with Crippen LogP contribution in [0.5, 0.6) is 0 Å². The molecular formula is C10H13IN2O2S. The van der Waals surface area contributed by atoms with Crippen molar-refractivity contribution in [2.24, 2.45) is 0 Å². The van der Waals surface area contributed by atoms with Gasteiger partial charge in [-0.25, -0.2) is 0 Å². The predicted molar refractivity (Wildman–Crippen MR) is 72.7 cm³/mol. The van der Waals surface area contributed by atoms with Gasteiger partial charge in [-0.2, -0.15) is 0 Å². The number of nitrogens with one attached hydrogen (secondary N) is 1. The summed E-state index contributed by atoms with van der Waals surface area (Å²) < 4.78 is 1.05. The van der Waals surface area contributed by atoms with Gasteiger partial charge < -0.3 is 10.2 Å². The summed E-state index contributed by atoms with van der Waals surface area (Å²) in [5.74, 6) is -0.319. The molecule has 1 heterocycles. The number of halogens is 1. The van der Waals surface area contributed by atoms with Crippen LogP contribution in [-0.4, -0.2) is 36.9 Å². The van der Waals surface area contributed by atoms with E-state index >= 15 is 0 Å². The molecule has 2 amide bonds. The first-order chi connectivity index (χ1) is 7.41. The number of hydrogen-bond donors (Lipinski definition) is 1. The summed E-state index contributed by atoms with van der Waals surface area (Å²) in [7, 11) is 3.33. The van der Waals surface area contributed by atoms with Crippen molar-refractivity contribution in [3.05, 3.63) is 19.9 Å². The molecule has 1 unspecified atom stereocenters. The monoisotopic (exact) mass is 352 g/mol. The molecule has 1 aromatic heterocycles. The highest BCUT2D eigenvalue weighted by Gasteiger charge is 2.18. The second-order valence-electron chi connectivity index (χ2n) is 3.57. The van der Waals surface area contributed by atoms with Gasteiger partial charge >= 0.3 is 0 Å². The molecule has 6 heteroatoms. The average Bonchev–Trinajstić information content (AvgIpc) is 2.63. The summed E-state index contributed by atoms with van der Waals surface area (Å²) in [4.78, 5) is 24.7. The van der Waals surface area contributed by atoms with Gasteiger partial charge in [0, 0.05) is 19.5 Å². The van der Waals surface area contributed by atoms with E-state index in [4.69, 9.17) is 0 Å². The number of thiophene rings is 1. The third-order valence-electron chi connectivity index (χ3n) is 1.99. The molecule has 0 radical (unpaired) electrons. The topological polar surface area (TPSA) is 49.4 Å². The molecule has 0 spiro atoms. The molecule has 1 N–H and O–H groups in total. The minimum Gasteiger partial charge on any atom is -0.347 e. The van der Waals surface area contributed by atoms with E-state index in [2.05, 4.69) is 27.9 Å². The number of carbonyl (C=O) groups is 2. The lowest BCUT2D eigenvalue weighted by atomic mass is 10.2. The van der Waals surface area contributed by atoms with Crippen molar-refractivity contribution >= 4 is 45.7 Å². The van der Waals surface area contributed by atoms with E-state index in [1.807, 2.05) is 0 Å². The Kier molecular flexibility index (Phi) is 4.72. The number of rotatable bonds is 3. The molecule has 0 aromatic carbocycles.